The quantitative estimate of drug-likeness (QED) is 0.568. The van der Waals surface area contributed by atoms with E-state index in [1.807, 2.05) is 0 Å². The monoisotopic (exact) mass is 310 g/mol. The number of amides is 2. The number of carboxylic acids is 1. The fraction of sp³-hybridized carbons (Fsp3) is 0.533. The Bertz CT molecular complexity index is 484. The van der Waals surface area contributed by atoms with E-state index in [9.17, 15) is 14.4 Å². The minimum Gasteiger partial charge on any atom is -0.481 e. The lowest BCUT2D eigenvalue weighted by Crippen LogP contribution is -2.44. The van der Waals surface area contributed by atoms with Crippen LogP contribution in [-0.2, 0) is 9.59 Å². The first-order chi connectivity index (χ1) is 10.5. The van der Waals surface area contributed by atoms with Gasteiger partial charge in [-0.1, -0.05) is 12.8 Å². The number of carbonyl (C=O) groups excluding carboxylic acids is 2. The first kappa shape index (κ1) is 17.7. The van der Waals surface area contributed by atoms with Crippen LogP contribution in [0.15, 0.2) is 22.8 Å². The molecule has 3 N–H and O–H groups in total. The van der Waals surface area contributed by atoms with Gasteiger partial charge in [0.1, 0.15) is 6.04 Å². The average Bonchev–Trinajstić information content (AvgIpc) is 2.99. The van der Waals surface area contributed by atoms with Gasteiger partial charge in [0.15, 0.2) is 5.76 Å². The molecule has 1 aromatic rings. The highest BCUT2D eigenvalue weighted by Gasteiger charge is 2.17. The van der Waals surface area contributed by atoms with Crippen LogP contribution in [0.4, 0.5) is 0 Å². The number of furan rings is 1. The van der Waals surface area contributed by atoms with Crippen LogP contribution in [0.2, 0.25) is 0 Å². The maximum atomic E-state index is 11.8. The number of unbranched alkanes of at least 4 members (excludes halogenated alkanes) is 3. The number of rotatable bonds is 10. The van der Waals surface area contributed by atoms with E-state index in [1.54, 1.807) is 13.0 Å². The Morgan fingerprint density at radius 3 is 2.59 bits per heavy atom. The maximum Gasteiger partial charge on any atom is 0.303 e. The standard InChI is InChI=1S/C15H22N2O5/c1-11(17-15(21)12-7-6-10-22-12)14(20)16-9-5-3-2-4-8-13(18)19/h6-7,10-11H,2-5,8-9H2,1H3,(H,16,20)(H,17,21)(H,18,19). The van der Waals surface area contributed by atoms with Crippen LogP contribution >= 0.6 is 0 Å². The highest BCUT2D eigenvalue weighted by atomic mass is 16.4. The molecule has 0 aromatic carbocycles. The molecule has 7 nitrogen and oxygen atoms in total. The average molecular weight is 310 g/mol. The molecule has 0 aliphatic rings. The lowest BCUT2D eigenvalue weighted by Gasteiger charge is -2.13. The molecule has 0 saturated heterocycles. The molecule has 0 aliphatic carbocycles. The fourth-order valence-electron chi connectivity index (χ4n) is 1.86. The zero-order valence-corrected chi connectivity index (χ0v) is 12.6. The number of hydrogen-bond acceptors (Lipinski definition) is 4. The van der Waals surface area contributed by atoms with Gasteiger partial charge < -0.3 is 20.2 Å². The van der Waals surface area contributed by atoms with Crippen LogP contribution in [0.1, 0.15) is 49.6 Å². The van der Waals surface area contributed by atoms with Crippen molar-refractivity contribution in [3.05, 3.63) is 24.2 Å². The molecule has 1 heterocycles. The molecule has 1 atom stereocenters. The minimum atomic E-state index is -0.783. The van der Waals surface area contributed by atoms with Crippen molar-refractivity contribution in [3.8, 4) is 0 Å². The van der Waals surface area contributed by atoms with Crippen LogP contribution in [0, 0.1) is 0 Å². The largest absolute Gasteiger partial charge is 0.481 e. The van der Waals surface area contributed by atoms with Gasteiger partial charge in [0, 0.05) is 13.0 Å². The summed E-state index contributed by atoms with van der Waals surface area (Å²) in [6.45, 7) is 2.11. The van der Waals surface area contributed by atoms with Crippen molar-refractivity contribution in [2.24, 2.45) is 0 Å². The Morgan fingerprint density at radius 2 is 1.95 bits per heavy atom. The molecule has 2 amide bonds. The van der Waals surface area contributed by atoms with Crippen LogP contribution < -0.4 is 10.6 Å². The molecule has 122 valence electrons. The van der Waals surface area contributed by atoms with Crippen LogP contribution in [-0.4, -0.2) is 35.5 Å². The van der Waals surface area contributed by atoms with Gasteiger partial charge in [0.05, 0.1) is 6.26 Å². The second-order valence-corrected chi connectivity index (χ2v) is 5.02. The predicted molar refractivity (Wildman–Crippen MR) is 79.4 cm³/mol. The van der Waals surface area contributed by atoms with Gasteiger partial charge in [-0.05, 0) is 31.9 Å². The fourth-order valence-corrected chi connectivity index (χ4v) is 1.86. The summed E-state index contributed by atoms with van der Waals surface area (Å²) in [6, 6.07) is 2.48. The molecule has 1 unspecified atom stereocenters. The first-order valence-corrected chi connectivity index (χ1v) is 7.34. The van der Waals surface area contributed by atoms with Gasteiger partial charge in [-0.25, -0.2) is 0 Å². The van der Waals surface area contributed by atoms with Gasteiger partial charge in [0.2, 0.25) is 5.91 Å². The Morgan fingerprint density at radius 1 is 1.23 bits per heavy atom. The molecular formula is C15H22N2O5. The van der Waals surface area contributed by atoms with Crippen molar-refractivity contribution in [1.29, 1.82) is 0 Å². The Labute approximate surface area is 129 Å². The van der Waals surface area contributed by atoms with E-state index < -0.39 is 17.9 Å². The van der Waals surface area contributed by atoms with Crippen LogP contribution in [0.25, 0.3) is 0 Å². The highest BCUT2D eigenvalue weighted by molar-refractivity contribution is 5.95. The number of aliphatic carboxylic acids is 1. The number of carboxylic acid groups (broad SMARTS) is 1. The van der Waals surface area contributed by atoms with E-state index in [2.05, 4.69) is 10.6 Å². The third kappa shape index (κ3) is 6.92. The topological polar surface area (TPSA) is 109 Å². The summed E-state index contributed by atoms with van der Waals surface area (Å²) in [5, 5.41) is 13.8. The Hall–Kier alpha value is -2.31. The van der Waals surface area contributed by atoms with Crippen LogP contribution in [0.5, 0.6) is 0 Å². The zero-order chi connectivity index (χ0) is 16.4. The summed E-state index contributed by atoms with van der Waals surface area (Å²) in [5.41, 5.74) is 0. The summed E-state index contributed by atoms with van der Waals surface area (Å²) in [6.07, 6.45) is 4.70. The summed E-state index contributed by atoms with van der Waals surface area (Å²) in [4.78, 5) is 33.8. The van der Waals surface area contributed by atoms with E-state index in [0.717, 1.165) is 19.3 Å². The second kappa shape index (κ2) is 9.59. The smallest absolute Gasteiger partial charge is 0.303 e. The third-order valence-corrected chi connectivity index (χ3v) is 3.10. The molecule has 0 bridgehead atoms. The van der Waals surface area contributed by atoms with Gasteiger partial charge in [-0.15, -0.1) is 0 Å². The maximum absolute atomic E-state index is 11.8. The Balaban J connectivity index is 2.11. The minimum absolute atomic E-state index is 0.165. The van der Waals surface area contributed by atoms with E-state index in [1.165, 1.54) is 12.3 Å². The lowest BCUT2D eigenvalue weighted by molar-refractivity contribution is -0.137. The molecule has 7 heteroatoms. The van der Waals surface area contributed by atoms with Gasteiger partial charge in [0.25, 0.3) is 5.91 Å². The van der Waals surface area contributed by atoms with Crippen molar-refractivity contribution in [1.82, 2.24) is 10.6 Å². The van der Waals surface area contributed by atoms with Crippen molar-refractivity contribution in [3.63, 3.8) is 0 Å². The van der Waals surface area contributed by atoms with E-state index in [4.69, 9.17) is 9.52 Å². The molecular weight excluding hydrogens is 288 g/mol. The van der Waals surface area contributed by atoms with E-state index in [-0.39, 0.29) is 18.1 Å². The Kier molecular flexibility index (Phi) is 7.74. The molecule has 0 fully saturated rings. The summed E-state index contributed by atoms with van der Waals surface area (Å²) in [5.74, 6) is -1.31. The van der Waals surface area contributed by atoms with Crippen molar-refractivity contribution < 1.29 is 23.9 Å². The molecule has 1 rings (SSSR count). The molecule has 0 spiro atoms. The highest BCUT2D eigenvalue weighted by Crippen LogP contribution is 2.02. The van der Waals surface area contributed by atoms with Gasteiger partial charge in [-0.3, -0.25) is 14.4 Å². The summed E-state index contributed by atoms with van der Waals surface area (Å²) in [7, 11) is 0. The lowest BCUT2D eigenvalue weighted by atomic mass is 10.1. The molecule has 22 heavy (non-hydrogen) atoms. The molecule has 0 saturated carbocycles. The summed E-state index contributed by atoms with van der Waals surface area (Å²) >= 11 is 0. The van der Waals surface area contributed by atoms with Crippen molar-refractivity contribution >= 4 is 17.8 Å². The molecule has 1 aromatic heterocycles. The van der Waals surface area contributed by atoms with Crippen LogP contribution in [0.3, 0.4) is 0 Å². The van der Waals surface area contributed by atoms with Crippen molar-refractivity contribution in [2.45, 2.75) is 45.1 Å². The first-order valence-electron chi connectivity index (χ1n) is 7.34. The zero-order valence-electron chi connectivity index (χ0n) is 12.6. The summed E-state index contributed by atoms with van der Waals surface area (Å²) < 4.78 is 4.94. The van der Waals surface area contributed by atoms with E-state index in [0.29, 0.717) is 13.0 Å². The number of nitrogens with one attached hydrogen (secondary N) is 2. The second-order valence-electron chi connectivity index (χ2n) is 5.02. The predicted octanol–water partition coefficient (Wildman–Crippen LogP) is 1.55. The van der Waals surface area contributed by atoms with E-state index >= 15 is 0 Å². The van der Waals surface area contributed by atoms with Gasteiger partial charge >= 0.3 is 5.97 Å². The normalized spacial score (nSPS) is 11.7. The molecule has 0 aliphatic heterocycles. The SMILES string of the molecule is CC(NC(=O)c1ccco1)C(=O)NCCCCCCC(=O)O. The number of hydrogen-bond donors (Lipinski definition) is 3. The molecule has 0 radical (unpaired) electrons. The van der Waals surface area contributed by atoms with Crippen molar-refractivity contribution in [2.75, 3.05) is 6.54 Å². The van der Waals surface area contributed by atoms with Gasteiger partial charge in [-0.2, -0.15) is 0 Å². The third-order valence-electron chi connectivity index (χ3n) is 3.10. The number of carbonyl (C=O) groups is 3.